The van der Waals surface area contributed by atoms with Crippen LogP contribution in [0.15, 0.2) is 42.9 Å². The van der Waals surface area contributed by atoms with E-state index in [0.29, 0.717) is 0 Å². The predicted molar refractivity (Wildman–Crippen MR) is 57.1 cm³/mol. The Morgan fingerprint density at radius 1 is 1.07 bits per heavy atom. The standard InChI is InChI=1S/C11H8N4/c1-4-12-11(13-5-1)8-2-3-10-9(6-8)7-14-15-10/h1-7H,(H,14,15). The van der Waals surface area contributed by atoms with Crippen molar-refractivity contribution in [1.82, 2.24) is 20.2 Å². The van der Waals surface area contributed by atoms with Gasteiger partial charge in [0.25, 0.3) is 0 Å². The molecule has 0 aliphatic heterocycles. The summed E-state index contributed by atoms with van der Waals surface area (Å²) in [6.45, 7) is 0. The van der Waals surface area contributed by atoms with E-state index in [0.717, 1.165) is 22.3 Å². The lowest BCUT2D eigenvalue weighted by Gasteiger charge is -1.98. The Morgan fingerprint density at radius 3 is 2.80 bits per heavy atom. The van der Waals surface area contributed by atoms with Gasteiger partial charge in [0.1, 0.15) is 0 Å². The van der Waals surface area contributed by atoms with E-state index in [4.69, 9.17) is 0 Å². The number of aromatic amines is 1. The van der Waals surface area contributed by atoms with Gasteiger partial charge in [0, 0.05) is 23.3 Å². The first-order valence-electron chi connectivity index (χ1n) is 4.64. The number of hydrogen-bond donors (Lipinski definition) is 1. The quantitative estimate of drug-likeness (QED) is 0.647. The second-order valence-corrected chi connectivity index (χ2v) is 3.24. The number of aromatic nitrogens is 4. The van der Waals surface area contributed by atoms with Gasteiger partial charge in [-0.25, -0.2) is 9.97 Å². The highest BCUT2D eigenvalue weighted by atomic mass is 15.1. The molecule has 15 heavy (non-hydrogen) atoms. The molecule has 0 atom stereocenters. The first-order valence-corrected chi connectivity index (χ1v) is 4.64. The van der Waals surface area contributed by atoms with E-state index in [-0.39, 0.29) is 0 Å². The second-order valence-electron chi connectivity index (χ2n) is 3.24. The Morgan fingerprint density at radius 2 is 1.93 bits per heavy atom. The Labute approximate surface area is 86.0 Å². The van der Waals surface area contributed by atoms with Crippen LogP contribution < -0.4 is 0 Å². The van der Waals surface area contributed by atoms with Crippen molar-refractivity contribution in [3.8, 4) is 11.4 Å². The number of fused-ring (bicyclic) bond motifs is 1. The Hall–Kier alpha value is -2.23. The maximum absolute atomic E-state index is 4.20. The molecule has 0 spiro atoms. The van der Waals surface area contributed by atoms with E-state index < -0.39 is 0 Å². The highest BCUT2D eigenvalue weighted by Gasteiger charge is 2.01. The first-order chi connectivity index (χ1) is 7.43. The molecule has 4 nitrogen and oxygen atoms in total. The van der Waals surface area contributed by atoms with Crippen LogP contribution in [0.3, 0.4) is 0 Å². The molecule has 1 N–H and O–H groups in total. The Balaban J connectivity index is 2.19. The van der Waals surface area contributed by atoms with Crippen molar-refractivity contribution >= 4 is 10.9 Å². The molecule has 0 saturated heterocycles. The van der Waals surface area contributed by atoms with Crippen molar-refractivity contribution in [2.45, 2.75) is 0 Å². The summed E-state index contributed by atoms with van der Waals surface area (Å²) in [7, 11) is 0. The van der Waals surface area contributed by atoms with Gasteiger partial charge in [-0.15, -0.1) is 0 Å². The summed E-state index contributed by atoms with van der Waals surface area (Å²) in [5, 5.41) is 7.95. The molecule has 0 radical (unpaired) electrons. The normalized spacial score (nSPS) is 10.7. The van der Waals surface area contributed by atoms with Crippen molar-refractivity contribution in [1.29, 1.82) is 0 Å². The Bertz CT molecular complexity index is 586. The molecule has 0 saturated carbocycles. The largest absolute Gasteiger partial charge is 0.278 e. The molecule has 0 fully saturated rings. The third-order valence-electron chi connectivity index (χ3n) is 2.26. The van der Waals surface area contributed by atoms with E-state index in [2.05, 4.69) is 20.2 Å². The molecule has 3 rings (SSSR count). The van der Waals surface area contributed by atoms with Crippen molar-refractivity contribution in [2.24, 2.45) is 0 Å². The summed E-state index contributed by atoms with van der Waals surface area (Å²) in [5.41, 5.74) is 2.03. The third-order valence-corrected chi connectivity index (χ3v) is 2.26. The minimum Gasteiger partial charge on any atom is -0.278 e. The van der Waals surface area contributed by atoms with Crippen LogP contribution in [0.1, 0.15) is 0 Å². The smallest absolute Gasteiger partial charge is 0.159 e. The lowest BCUT2D eigenvalue weighted by Crippen LogP contribution is -1.85. The highest BCUT2D eigenvalue weighted by Crippen LogP contribution is 2.19. The number of nitrogens with zero attached hydrogens (tertiary/aromatic N) is 3. The first kappa shape index (κ1) is 8.11. The number of H-pyrrole nitrogens is 1. The molecule has 1 aromatic carbocycles. The monoisotopic (exact) mass is 196 g/mol. The van der Waals surface area contributed by atoms with Crippen LogP contribution in [0, 0.1) is 0 Å². The molecule has 2 aromatic heterocycles. The maximum Gasteiger partial charge on any atom is 0.159 e. The van der Waals surface area contributed by atoms with Gasteiger partial charge in [-0.3, -0.25) is 5.10 Å². The summed E-state index contributed by atoms with van der Waals surface area (Å²) >= 11 is 0. The van der Waals surface area contributed by atoms with Crippen molar-refractivity contribution in [3.63, 3.8) is 0 Å². The van der Waals surface area contributed by atoms with E-state index in [1.807, 2.05) is 18.2 Å². The average Bonchev–Trinajstić information content (AvgIpc) is 2.77. The fourth-order valence-electron chi connectivity index (χ4n) is 1.53. The van der Waals surface area contributed by atoms with Crippen LogP contribution in [0.4, 0.5) is 0 Å². The van der Waals surface area contributed by atoms with Gasteiger partial charge in [0.15, 0.2) is 5.82 Å². The van der Waals surface area contributed by atoms with Crippen molar-refractivity contribution in [3.05, 3.63) is 42.9 Å². The van der Waals surface area contributed by atoms with Crippen LogP contribution in [0.25, 0.3) is 22.3 Å². The average molecular weight is 196 g/mol. The zero-order chi connectivity index (χ0) is 10.1. The summed E-state index contributed by atoms with van der Waals surface area (Å²) in [6.07, 6.45) is 5.27. The number of benzene rings is 1. The lowest BCUT2D eigenvalue weighted by atomic mass is 10.1. The molecule has 0 unspecified atom stereocenters. The van der Waals surface area contributed by atoms with E-state index in [1.165, 1.54) is 0 Å². The second kappa shape index (κ2) is 3.16. The molecule has 4 heteroatoms. The van der Waals surface area contributed by atoms with Gasteiger partial charge in [-0.2, -0.15) is 5.10 Å². The minimum atomic E-state index is 0.737. The highest BCUT2D eigenvalue weighted by molar-refractivity contribution is 5.82. The summed E-state index contributed by atoms with van der Waals surface area (Å²) in [6, 6.07) is 7.79. The fourth-order valence-corrected chi connectivity index (χ4v) is 1.53. The van der Waals surface area contributed by atoms with Crippen molar-refractivity contribution in [2.75, 3.05) is 0 Å². The maximum atomic E-state index is 4.20. The molecular weight excluding hydrogens is 188 g/mol. The lowest BCUT2D eigenvalue weighted by molar-refractivity contribution is 1.12. The third kappa shape index (κ3) is 1.36. The van der Waals surface area contributed by atoms with E-state index >= 15 is 0 Å². The van der Waals surface area contributed by atoms with Crippen LogP contribution >= 0.6 is 0 Å². The van der Waals surface area contributed by atoms with Crippen LogP contribution in [0.5, 0.6) is 0 Å². The van der Waals surface area contributed by atoms with Gasteiger partial charge < -0.3 is 0 Å². The van der Waals surface area contributed by atoms with Gasteiger partial charge in [0.05, 0.1) is 11.7 Å². The summed E-state index contributed by atoms with van der Waals surface area (Å²) in [5.74, 6) is 0.737. The van der Waals surface area contributed by atoms with Gasteiger partial charge in [0.2, 0.25) is 0 Å². The fraction of sp³-hybridized carbons (Fsp3) is 0. The zero-order valence-electron chi connectivity index (χ0n) is 7.88. The van der Waals surface area contributed by atoms with Crippen molar-refractivity contribution < 1.29 is 0 Å². The predicted octanol–water partition coefficient (Wildman–Crippen LogP) is 2.02. The SMILES string of the molecule is c1cnc(-c2ccc3[nH]ncc3c2)nc1. The summed E-state index contributed by atoms with van der Waals surface area (Å²) < 4.78 is 0. The number of nitrogens with one attached hydrogen (secondary N) is 1. The number of hydrogen-bond acceptors (Lipinski definition) is 3. The van der Waals surface area contributed by atoms with Gasteiger partial charge in [-0.1, -0.05) is 0 Å². The minimum absolute atomic E-state index is 0.737. The van der Waals surface area contributed by atoms with Crippen LogP contribution in [-0.2, 0) is 0 Å². The van der Waals surface area contributed by atoms with Gasteiger partial charge in [-0.05, 0) is 24.3 Å². The topological polar surface area (TPSA) is 54.5 Å². The molecule has 72 valence electrons. The van der Waals surface area contributed by atoms with Gasteiger partial charge >= 0.3 is 0 Å². The van der Waals surface area contributed by atoms with E-state index in [1.54, 1.807) is 24.7 Å². The zero-order valence-corrected chi connectivity index (χ0v) is 7.88. The number of rotatable bonds is 1. The molecule has 3 aromatic rings. The molecule has 0 amide bonds. The Kier molecular flexibility index (Phi) is 1.71. The van der Waals surface area contributed by atoms with Crippen LogP contribution in [-0.4, -0.2) is 20.2 Å². The summed E-state index contributed by atoms with van der Waals surface area (Å²) in [4.78, 5) is 8.40. The molecule has 0 aliphatic rings. The molecule has 2 heterocycles. The molecule has 0 bridgehead atoms. The van der Waals surface area contributed by atoms with E-state index in [9.17, 15) is 0 Å². The van der Waals surface area contributed by atoms with Crippen LogP contribution in [0.2, 0.25) is 0 Å². The molecular formula is C11H8N4. The molecule has 0 aliphatic carbocycles.